The number of amides is 1. The third-order valence-electron chi connectivity index (χ3n) is 4.58. The molecule has 0 saturated carbocycles. The van der Waals surface area contributed by atoms with Crippen LogP contribution in [0, 0.1) is 6.92 Å². The monoisotopic (exact) mass is 374 g/mol. The van der Waals surface area contributed by atoms with Crippen LogP contribution in [0.5, 0.6) is 0 Å². The Morgan fingerprint density at radius 2 is 1.73 bits per heavy atom. The van der Waals surface area contributed by atoms with Crippen molar-refractivity contribution in [2.24, 2.45) is 0 Å². The van der Waals surface area contributed by atoms with Gasteiger partial charge in [-0.05, 0) is 54.7 Å². The van der Waals surface area contributed by atoms with Gasteiger partial charge in [-0.2, -0.15) is 0 Å². The molecule has 0 aliphatic rings. The lowest BCUT2D eigenvalue weighted by Gasteiger charge is -2.14. The van der Waals surface area contributed by atoms with Crippen molar-refractivity contribution >= 4 is 21.6 Å². The molecule has 0 spiro atoms. The minimum Gasteiger partial charge on any atom is -0.322 e. The molecule has 0 fully saturated rings. The molecule has 5 nitrogen and oxygen atoms in total. The van der Waals surface area contributed by atoms with Crippen LogP contribution in [0.15, 0.2) is 47.4 Å². The highest BCUT2D eigenvalue weighted by Crippen LogP contribution is 2.22. The van der Waals surface area contributed by atoms with Gasteiger partial charge < -0.3 is 5.32 Å². The van der Waals surface area contributed by atoms with Gasteiger partial charge in [-0.3, -0.25) is 4.79 Å². The maximum atomic E-state index is 12.6. The molecule has 0 heterocycles. The summed E-state index contributed by atoms with van der Waals surface area (Å²) in [6.07, 6.45) is 1.05. The van der Waals surface area contributed by atoms with Crippen LogP contribution in [0.2, 0.25) is 0 Å². The largest absolute Gasteiger partial charge is 0.322 e. The Hall–Kier alpha value is -2.18. The molecule has 0 saturated heterocycles. The molecule has 2 aromatic carbocycles. The van der Waals surface area contributed by atoms with Gasteiger partial charge in [0.1, 0.15) is 0 Å². The molecule has 2 aromatic rings. The predicted molar refractivity (Wildman–Crippen MR) is 105 cm³/mol. The smallest absolute Gasteiger partial charge is 0.255 e. The fourth-order valence-electron chi connectivity index (χ4n) is 2.55. The van der Waals surface area contributed by atoms with Crippen LogP contribution in [-0.2, 0) is 10.0 Å². The van der Waals surface area contributed by atoms with E-state index in [0.29, 0.717) is 17.2 Å². The minimum atomic E-state index is -3.59. The van der Waals surface area contributed by atoms with Crippen molar-refractivity contribution in [1.82, 2.24) is 4.31 Å². The van der Waals surface area contributed by atoms with Crippen molar-refractivity contribution < 1.29 is 13.2 Å². The van der Waals surface area contributed by atoms with Crippen molar-refractivity contribution in [2.45, 2.75) is 38.0 Å². The van der Waals surface area contributed by atoms with E-state index in [1.807, 2.05) is 24.3 Å². The SMILES string of the molecule is CC[C@@H](C)c1ccc(NC(=O)c2cc(S(=O)(=O)N(C)C)ccc2C)cc1. The van der Waals surface area contributed by atoms with Crippen molar-refractivity contribution in [1.29, 1.82) is 0 Å². The number of aryl methyl sites for hydroxylation is 1. The van der Waals surface area contributed by atoms with Crippen molar-refractivity contribution in [2.75, 3.05) is 19.4 Å². The second-order valence-corrected chi connectivity index (χ2v) is 8.80. The Labute approximate surface area is 156 Å². The number of anilines is 1. The van der Waals surface area contributed by atoms with E-state index in [4.69, 9.17) is 0 Å². The molecule has 26 heavy (non-hydrogen) atoms. The van der Waals surface area contributed by atoms with Gasteiger partial charge in [0, 0.05) is 25.3 Å². The molecule has 0 unspecified atom stereocenters. The number of benzene rings is 2. The lowest BCUT2D eigenvalue weighted by Crippen LogP contribution is -2.23. The molecular weight excluding hydrogens is 348 g/mol. The minimum absolute atomic E-state index is 0.102. The fraction of sp³-hybridized carbons (Fsp3) is 0.350. The standard InChI is InChI=1S/C20H26N2O3S/c1-6-14(2)16-8-10-17(11-9-16)21-20(23)19-13-18(12-7-15(19)3)26(24,25)22(4)5/h7-14H,6H2,1-5H3,(H,21,23)/t14-/m1/s1. The van der Waals surface area contributed by atoms with Gasteiger partial charge >= 0.3 is 0 Å². The average Bonchev–Trinajstić information content (AvgIpc) is 2.61. The van der Waals surface area contributed by atoms with Crippen molar-refractivity contribution in [3.63, 3.8) is 0 Å². The second-order valence-electron chi connectivity index (χ2n) is 6.65. The summed E-state index contributed by atoms with van der Waals surface area (Å²) in [6.45, 7) is 6.08. The Kier molecular flexibility index (Phi) is 6.21. The van der Waals surface area contributed by atoms with Gasteiger partial charge in [0.05, 0.1) is 4.90 Å². The predicted octanol–water partition coefficient (Wildman–Crippen LogP) is 4.01. The Morgan fingerprint density at radius 1 is 1.12 bits per heavy atom. The fourth-order valence-corrected chi connectivity index (χ4v) is 3.47. The van der Waals surface area contributed by atoms with Crippen LogP contribution in [0.1, 0.15) is 47.7 Å². The molecule has 140 valence electrons. The summed E-state index contributed by atoms with van der Waals surface area (Å²) < 4.78 is 25.7. The van der Waals surface area contributed by atoms with Crippen LogP contribution in [0.25, 0.3) is 0 Å². The Morgan fingerprint density at radius 3 is 2.27 bits per heavy atom. The Bertz CT molecular complexity index is 888. The van der Waals surface area contributed by atoms with E-state index in [1.165, 1.54) is 31.8 Å². The zero-order valence-corrected chi connectivity index (χ0v) is 16.7. The van der Waals surface area contributed by atoms with E-state index < -0.39 is 10.0 Å². The van der Waals surface area contributed by atoms with Crippen LogP contribution in [0.3, 0.4) is 0 Å². The number of nitrogens with zero attached hydrogens (tertiary/aromatic N) is 1. The zero-order chi connectivity index (χ0) is 19.5. The molecule has 6 heteroatoms. The maximum absolute atomic E-state index is 12.6. The van der Waals surface area contributed by atoms with Gasteiger partial charge in [-0.1, -0.05) is 32.0 Å². The molecule has 0 aliphatic carbocycles. The number of hydrogen-bond donors (Lipinski definition) is 1. The summed E-state index contributed by atoms with van der Waals surface area (Å²) in [5, 5.41) is 2.84. The Balaban J connectivity index is 2.27. The average molecular weight is 375 g/mol. The summed E-state index contributed by atoms with van der Waals surface area (Å²) in [4.78, 5) is 12.7. The summed E-state index contributed by atoms with van der Waals surface area (Å²) in [5.74, 6) is 0.143. The lowest BCUT2D eigenvalue weighted by atomic mass is 9.98. The number of nitrogens with one attached hydrogen (secondary N) is 1. The topological polar surface area (TPSA) is 66.5 Å². The first-order valence-corrected chi connectivity index (χ1v) is 10.0. The van der Waals surface area contributed by atoms with Gasteiger partial charge in [-0.15, -0.1) is 0 Å². The molecule has 2 rings (SSSR count). The molecular formula is C20H26N2O3S. The first-order valence-electron chi connectivity index (χ1n) is 8.61. The van der Waals surface area contributed by atoms with E-state index in [2.05, 4.69) is 19.2 Å². The highest BCUT2D eigenvalue weighted by molar-refractivity contribution is 7.89. The molecule has 1 N–H and O–H groups in total. The number of rotatable bonds is 6. The zero-order valence-electron chi connectivity index (χ0n) is 15.9. The number of sulfonamides is 1. The molecule has 1 atom stereocenters. The van der Waals surface area contributed by atoms with E-state index >= 15 is 0 Å². The van der Waals surface area contributed by atoms with Gasteiger partial charge in [0.15, 0.2) is 0 Å². The normalized spacial score (nSPS) is 12.8. The summed E-state index contributed by atoms with van der Waals surface area (Å²) in [5.41, 5.74) is 2.97. The third-order valence-corrected chi connectivity index (χ3v) is 6.39. The molecule has 0 radical (unpaired) electrons. The quantitative estimate of drug-likeness (QED) is 0.831. The first-order chi connectivity index (χ1) is 12.2. The maximum Gasteiger partial charge on any atom is 0.255 e. The second kappa shape index (κ2) is 8.01. The number of hydrogen-bond acceptors (Lipinski definition) is 3. The van der Waals surface area contributed by atoms with Gasteiger partial charge in [-0.25, -0.2) is 12.7 Å². The van der Waals surface area contributed by atoms with Gasteiger partial charge in [0.25, 0.3) is 5.91 Å². The molecule has 0 bridgehead atoms. The van der Waals surface area contributed by atoms with E-state index in [-0.39, 0.29) is 10.8 Å². The summed E-state index contributed by atoms with van der Waals surface area (Å²) in [6, 6.07) is 12.3. The van der Waals surface area contributed by atoms with E-state index in [9.17, 15) is 13.2 Å². The van der Waals surface area contributed by atoms with E-state index in [1.54, 1.807) is 13.0 Å². The summed E-state index contributed by atoms with van der Waals surface area (Å²) >= 11 is 0. The van der Waals surface area contributed by atoms with Crippen LogP contribution < -0.4 is 5.32 Å². The number of carbonyl (C=O) groups excluding carboxylic acids is 1. The highest BCUT2D eigenvalue weighted by Gasteiger charge is 2.20. The molecule has 0 aromatic heterocycles. The highest BCUT2D eigenvalue weighted by atomic mass is 32.2. The van der Waals surface area contributed by atoms with Crippen molar-refractivity contribution in [3.8, 4) is 0 Å². The van der Waals surface area contributed by atoms with Crippen LogP contribution in [0.4, 0.5) is 5.69 Å². The van der Waals surface area contributed by atoms with Gasteiger partial charge in [0.2, 0.25) is 10.0 Å². The third kappa shape index (κ3) is 4.31. The lowest BCUT2D eigenvalue weighted by molar-refractivity contribution is 0.102. The van der Waals surface area contributed by atoms with E-state index in [0.717, 1.165) is 16.3 Å². The summed E-state index contributed by atoms with van der Waals surface area (Å²) in [7, 11) is -0.655. The molecule has 1 amide bonds. The first kappa shape index (κ1) is 20.1. The van der Waals surface area contributed by atoms with Crippen LogP contribution >= 0.6 is 0 Å². The van der Waals surface area contributed by atoms with Crippen molar-refractivity contribution in [3.05, 3.63) is 59.2 Å². The van der Waals surface area contributed by atoms with Crippen LogP contribution in [-0.4, -0.2) is 32.7 Å². The number of carbonyl (C=O) groups is 1. The molecule has 0 aliphatic heterocycles.